The van der Waals surface area contributed by atoms with Crippen molar-refractivity contribution in [2.75, 3.05) is 24.9 Å². The van der Waals surface area contributed by atoms with Crippen molar-refractivity contribution in [3.05, 3.63) is 71.0 Å². The van der Waals surface area contributed by atoms with E-state index in [1.807, 2.05) is 31.2 Å². The van der Waals surface area contributed by atoms with Gasteiger partial charge in [-0.2, -0.15) is 0 Å². The van der Waals surface area contributed by atoms with E-state index in [2.05, 4.69) is 15.6 Å². The zero-order valence-corrected chi connectivity index (χ0v) is 16.5. The Morgan fingerprint density at radius 2 is 1.75 bits per heavy atom. The lowest BCUT2D eigenvalue weighted by Crippen LogP contribution is -2.14. The molecule has 0 atom stereocenters. The van der Waals surface area contributed by atoms with Crippen LogP contribution in [0.15, 0.2) is 54.7 Å². The fraction of sp³-hybridized carbons (Fsp3) is 0.143. The maximum absolute atomic E-state index is 12.7. The number of ether oxygens (including phenoxy) is 2. The summed E-state index contributed by atoms with van der Waals surface area (Å²) in [5, 5.41) is 6.63. The zero-order chi connectivity index (χ0) is 20.1. The van der Waals surface area contributed by atoms with Gasteiger partial charge in [0.15, 0.2) is 0 Å². The highest BCUT2D eigenvalue weighted by Gasteiger charge is 2.13. The molecule has 1 aromatic heterocycles. The number of hydrogen-bond donors (Lipinski definition) is 2. The molecule has 0 saturated heterocycles. The number of aryl methyl sites for hydroxylation is 1. The highest BCUT2D eigenvalue weighted by molar-refractivity contribution is 6.31. The summed E-state index contributed by atoms with van der Waals surface area (Å²) in [4.78, 5) is 16.8. The zero-order valence-electron chi connectivity index (χ0n) is 15.7. The second kappa shape index (κ2) is 8.63. The van der Waals surface area contributed by atoms with Gasteiger partial charge in [-0.15, -0.1) is 0 Å². The number of hydrogen-bond acceptors (Lipinski definition) is 5. The van der Waals surface area contributed by atoms with Crippen molar-refractivity contribution in [3.8, 4) is 11.5 Å². The minimum absolute atomic E-state index is 0.271. The van der Waals surface area contributed by atoms with E-state index in [-0.39, 0.29) is 11.6 Å². The van der Waals surface area contributed by atoms with Crippen LogP contribution in [0.3, 0.4) is 0 Å². The second-order valence-electron chi connectivity index (χ2n) is 6.04. The molecule has 0 fully saturated rings. The van der Waals surface area contributed by atoms with Crippen LogP contribution in [-0.4, -0.2) is 25.1 Å². The van der Waals surface area contributed by atoms with Gasteiger partial charge in [0.25, 0.3) is 5.91 Å². The largest absolute Gasteiger partial charge is 0.497 e. The third-order valence-corrected chi connectivity index (χ3v) is 4.51. The molecule has 7 heteroatoms. The summed E-state index contributed by atoms with van der Waals surface area (Å²) in [7, 11) is 3.14. The number of anilines is 3. The highest BCUT2D eigenvalue weighted by atomic mass is 35.5. The number of nitrogens with one attached hydrogen (secondary N) is 2. The molecule has 1 amide bonds. The van der Waals surface area contributed by atoms with Gasteiger partial charge in [-0.1, -0.05) is 11.6 Å². The Balaban J connectivity index is 1.78. The quantitative estimate of drug-likeness (QED) is 0.608. The molecule has 0 aliphatic heterocycles. The summed E-state index contributed by atoms with van der Waals surface area (Å²) in [6, 6.07) is 14.4. The van der Waals surface area contributed by atoms with Crippen LogP contribution in [0.5, 0.6) is 11.5 Å². The number of rotatable bonds is 6. The molecule has 2 aromatic carbocycles. The lowest BCUT2D eigenvalue weighted by molar-refractivity contribution is 0.102. The molecule has 0 aliphatic rings. The maximum Gasteiger partial charge on any atom is 0.274 e. The molecule has 2 N–H and O–H groups in total. The Hall–Kier alpha value is -3.25. The van der Waals surface area contributed by atoms with E-state index in [1.54, 1.807) is 37.6 Å². The van der Waals surface area contributed by atoms with Crippen LogP contribution in [0.1, 0.15) is 16.1 Å². The van der Waals surface area contributed by atoms with Gasteiger partial charge in [0.05, 0.1) is 19.9 Å². The molecule has 3 aromatic rings. The van der Waals surface area contributed by atoms with E-state index in [4.69, 9.17) is 21.1 Å². The Morgan fingerprint density at radius 1 is 1.00 bits per heavy atom. The van der Waals surface area contributed by atoms with Gasteiger partial charge in [-0.05, 0) is 55.0 Å². The average molecular weight is 398 g/mol. The smallest absolute Gasteiger partial charge is 0.274 e. The van der Waals surface area contributed by atoms with Crippen LogP contribution < -0.4 is 20.1 Å². The molecule has 144 valence electrons. The lowest BCUT2D eigenvalue weighted by Gasteiger charge is -2.13. The monoisotopic (exact) mass is 397 g/mol. The first-order valence-corrected chi connectivity index (χ1v) is 8.90. The first-order valence-electron chi connectivity index (χ1n) is 8.53. The summed E-state index contributed by atoms with van der Waals surface area (Å²) >= 11 is 6.11. The fourth-order valence-corrected chi connectivity index (χ4v) is 2.74. The number of amides is 1. The van der Waals surface area contributed by atoms with Crippen LogP contribution in [0.4, 0.5) is 17.1 Å². The van der Waals surface area contributed by atoms with Crippen molar-refractivity contribution in [2.45, 2.75) is 6.92 Å². The Morgan fingerprint density at radius 3 is 2.43 bits per heavy atom. The van der Waals surface area contributed by atoms with Gasteiger partial charge in [-0.25, -0.2) is 0 Å². The van der Waals surface area contributed by atoms with Crippen LogP contribution >= 0.6 is 11.6 Å². The van der Waals surface area contributed by atoms with Gasteiger partial charge >= 0.3 is 0 Å². The average Bonchev–Trinajstić information content (AvgIpc) is 2.71. The molecule has 0 bridgehead atoms. The van der Waals surface area contributed by atoms with E-state index in [0.29, 0.717) is 16.5 Å². The predicted molar refractivity (Wildman–Crippen MR) is 111 cm³/mol. The molecule has 6 nitrogen and oxygen atoms in total. The van der Waals surface area contributed by atoms with Crippen molar-refractivity contribution in [3.63, 3.8) is 0 Å². The molecular weight excluding hydrogens is 378 g/mol. The van der Waals surface area contributed by atoms with Gasteiger partial charge in [0, 0.05) is 28.7 Å². The number of methoxy groups -OCH3 is 2. The number of benzene rings is 2. The molecular formula is C21H20ClN3O3. The van der Waals surface area contributed by atoms with Crippen molar-refractivity contribution in [1.29, 1.82) is 0 Å². The number of carbonyl (C=O) groups is 1. The summed E-state index contributed by atoms with van der Waals surface area (Å²) in [6.45, 7) is 1.86. The topological polar surface area (TPSA) is 72.5 Å². The number of aromatic nitrogens is 1. The molecule has 0 saturated carbocycles. The predicted octanol–water partition coefficient (Wildman–Crippen LogP) is 5.06. The van der Waals surface area contributed by atoms with E-state index in [9.17, 15) is 4.79 Å². The fourth-order valence-electron chi connectivity index (χ4n) is 2.59. The number of pyridine rings is 1. The Kier molecular flexibility index (Phi) is 6.01. The van der Waals surface area contributed by atoms with Crippen LogP contribution in [-0.2, 0) is 0 Å². The molecule has 3 rings (SSSR count). The number of nitrogens with zero attached hydrogens (tertiary/aromatic N) is 1. The third-order valence-electron chi connectivity index (χ3n) is 4.10. The van der Waals surface area contributed by atoms with Gasteiger partial charge < -0.3 is 20.1 Å². The lowest BCUT2D eigenvalue weighted by atomic mass is 10.2. The molecule has 0 aliphatic carbocycles. The summed E-state index contributed by atoms with van der Waals surface area (Å²) < 4.78 is 10.4. The minimum Gasteiger partial charge on any atom is -0.497 e. The molecule has 28 heavy (non-hydrogen) atoms. The van der Waals surface area contributed by atoms with Crippen LogP contribution in [0.2, 0.25) is 5.02 Å². The first kappa shape index (κ1) is 19.5. The number of halogens is 1. The van der Waals surface area contributed by atoms with E-state index in [0.717, 1.165) is 22.7 Å². The highest BCUT2D eigenvalue weighted by Crippen LogP contribution is 2.31. The third kappa shape index (κ3) is 4.53. The van der Waals surface area contributed by atoms with E-state index >= 15 is 0 Å². The first-order chi connectivity index (χ1) is 13.5. The Labute approximate surface area is 168 Å². The van der Waals surface area contributed by atoms with Crippen molar-refractivity contribution >= 4 is 34.6 Å². The van der Waals surface area contributed by atoms with Crippen molar-refractivity contribution in [2.24, 2.45) is 0 Å². The molecule has 0 unspecified atom stereocenters. The second-order valence-corrected chi connectivity index (χ2v) is 6.45. The van der Waals surface area contributed by atoms with Crippen molar-refractivity contribution < 1.29 is 14.3 Å². The molecule has 0 spiro atoms. The van der Waals surface area contributed by atoms with Gasteiger partial charge in [0.2, 0.25) is 0 Å². The standard InChI is InChI=1S/C21H20ClN3O3/c1-13-10-18(20(28-3)12-17(13)22)25-21(26)19-11-15(8-9-23-19)24-14-4-6-16(27-2)7-5-14/h4-12H,1-3H3,(H,23,24)(H,25,26). The van der Waals surface area contributed by atoms with Gasteiger partial charge in [0.1, 0.15) is 17.2 Å². The summed E-state index contributed by atoms with van der Waals surface area (Å²) in [5.74, 6) is 0.905. The van der Waals surface area contributed by atoms with Gasteiger partial charge in [-0.3, -0.25) is 9.78 Å². The summed E-state index contributed by atoms with van der Waals surface area (Å²) in [5.41, 5.74) is 3.25. The minimum atomic E-state index is -0.349. The van der Waals surface area contributed by atoms with E-state index < -0.39 is 0 Å². The maximum atomic E-state index is 12.7. The summed E-state index contributed by atoms with van der Waals surface area (Å²) in [6.07, 6.45) is 1.57. The van der Waals surface area contributed by atoms with Crippen LogP contribution in [0.25, 0.3) is 0 Å². The SMILES string of the molecule is COc1ccc(Nc2ccnc(C(=O)Nc3cc(C)c(Cl)cc3OC)c2)cc1. The molecule has 1 heterocycles. The van der Waals surface area contributed by atoms with E-state index in [1.165, 1.54) is 7.11 Å². The normalized spacial score (nSPS) is 10.3. The number of carbonyl (C=O) groups excluding carboxylic acids is 1. The van der Waals surface area contributed by atoms with Crippen molar-refractivity contribution in [1.82, 2.24) is 4.98 Å². The van der Waals surface area contributed by atoms with Crippen LogP contribution in [0, 0.1) is 6.92 Å². The molecule has 0 radical (unpaired) electrons. The Bertz CT molecular complexity index is 991.